The third kappa shape index (κ3) is 3.45. The molecule has 6 heteroatoms. The Morgan fingerprint density at radius 3 is 2.60 bits per heavy atom. The van der Waals surface area contributed by atoms with E-state index in [0.29, 0.717) is 0 Å². The van der Waals surface area contributed by atoms with Crippen LogP contribution in [0.5, 0.6) is 0 Å². The van der Waals surface area contributed by atoms with E-state index in [9.17, 15) is 13.6 Å². The zero-order valence-electron chi connectivity index (χ0n) is 7.61. The number of carboxylic acid groups (broad SMARTS) is 1. The summed E-state index contributed by atoms with van der Waals surface area (Å²) >= 11 is 0. The van der Waals surface area contributed by atoms with E-state index in [2.05, 4.69) is 0 Å². The van der Waals surface area contributed by atoms with Crippen LogP contribution in [0.1, 0.15) is 18.0 Å². The fourth-order valence-corrected chi connectivity index (χ4v) is 1.10. The molecule has 0 aliphatic heterocycles. The smallest absolute Gasteiger partial charge is 0.305 e. The molecule has 0 saturated carbocycles. The van der Waals surface area contributed by atoms with E-state index in [1.807, 2.05) is 0 Å². The average molecular weight is 238 g/mol. The van der Waals surface area contributed by atoms with Crippen LogP contribution in [0.3, 0.4) is 0 Å². The van der Waals surface area contributed by atoms with Crippen LogP contribution < -0.4 is 5.73 Å². The number of carboxylic acids is 1. The van der Waals surface area contributed by atoms with Crippen molar-refractivity contribution >= 4 is 18.4 Å². The summed E-state index contributed by atoms with van der Waals surface area (Å²) in [5.74, 6) is -3.26. The normalized spacial score (nSPS) is 11.7. The van der Waals surface area contributed by atoms with Crippen molar-refractivity contribution in [3.05, 3.63) is 35.4 Å². The van der Waals surface area contributed by atoms with Crippen LogP contribution in [0.25, 0.3) is 0 Å². The number of benzene rings is 1. The summed E-state index contributed by atoms with van der Waals surface area (Å²) in [6.07, 6.45) is -0.430. The molecular formula is C9H10ClF2NO2. The predicted molar refractivity (Wildman–Crippen MR) is 52.8 cm³/mol. The third-order valence-electron chi connectivity index (χ3n) is 1.78. The van der Waals surface area contributed by atoms with Crippen molar-refractivity contribution in [2.75, 3.05) is 0 Å². The quantitative estimate of drug-likeness (QED) is 0.844. The molecule has 0 aliphatic carbocycles. The SMILES string of the molecule is Cl.NC(CC(=O)O)c1cccc(F)c1F. The van der Waals surface area contributed by atoms with Crippen molar-refractivity contribution < 1.29 is 18.7 Å². The van der Waals surface area contributed by atoms with Gasteiger partial charge in [-0.25, -0.2) is 8.78 Å². The van der Waals surface area contributed by atoms with Crippen LogP contribution in [-0.2, 0) is 4.79 Å². The molecule has 0 heterocycles. The van der Waals surface area contributed by atoms with Crippen molar-refractivity contribution in [2.45, 2.75) is 12.5 Å². The van der Waals surface area contributed by atoms with Gasteiger partial charge in [-0.2, -0.15) is 0 Å². The molecule has 0 fully saturated rings. The minimum Gasteiger partial charge on any atom is -0.481 e. The number of carbonyl (C=O) groups is 1. The molecule has 1 atom stereocenters. The van der Waals surface area contributed by atoms with E-state index < -0.39 is 30.1 Å². The topological polar surface area (TPSA) is 63.3 Å². The van der Waals surface area contributed by atoms with E-state index in [4.69, 9.17) is 10.8 Å². The lowest BCUT2D eigenvalue weighted by Gasteiger charge is -2.10. The van der Waals surface area contributed by atoms with Gasteiger partial charge in [0.25, 0.3) is 0 Å². The minimum absolute atomic E-state index is 0. The van der Waals surface area contributed by atoms with Crippen LogP contribution in [0.2, 0.25) is 0 Å². The molecule has 1 aromatic rings. The van der Waals surface area contributed by atoms with Crippen molar-refractivity contribution in [1.82, 2.24) is 0 Å². The molecule has 1 rings (SSSR count). The summed E-state index contributed by atoms with van der Waals surface area (Å²) < 4.78 is 25.8. The minimum atomic E-state index is -1.15. The first-order valence-corrected chi connectivity index (χ1v) is 3.93. The Kier molecular flexibility index (Phi) is 5.18. The maximum Gasteiger partial charge on any atom is 0.305 e. The number of hydrogen-bond acceptors (Lipinski definition) is 2. The van der Waals surface area contributed by atoms with Crippen molar-refractivity contribution in [1.29, 1.82) is 0 Å². The maximum atomic E-state index is 13.1. The van der Waals surface area contributed by atoms with Gasteiger partial charge in [-0.05, 0) is 6.07 Å². The first-order valence-electron chi connectivity index (χ1n) is 3.93. The summed E-state index contributed by atoms with van der Waals surface area (Å²) in [5, 5.41) is 8.41. The molecule has 1 aromatic carbocycles. The number of nitrogens with two attached hydrogens (primary N) is 1. The van der Waals surface area contributed by atoms with Gasteiger partial charge in [0.1, 0.15) is 0 Å². The highest BCUT2D eigenvalue weighted by Crippen LogP contribution is 2.19. The van der Waals surface area contributed by atoms with E-state index in [1.165, 1.54) is 12.1 Å². The molecule has 84 valence electrons. The largest absolute Gasteiger partial charge is 0.481 e. The molecule has 15 heavy (non-hydrogen) atoms. The number of aliphatic carboxylic acids is 1. The molecule has 3 N–H and O–H groups in total. The molecule has 3 nitrogen and oxygen atoms in total. The Balaban J connectivity index is 0.00000196. The third-order valence-corrected chi connectivity index (χ3v) is 1.78. The van der Waals surface area contributed by atoms with Gasteiger partial charge in [0, 0.05) is 11.6 Å². The van der Waals surface area contributed by atoms with Gasteiger partial charge in [0.15, 0.2) is 11.6 Å². The second-order valence-corrected chi connectivity index (χ2v) is 2.85. The summed E-state index contributed by atoms with van der Waals surface area (Å²) in [4.78, 5) is 10.3. The molecule has 0 bridgehead atoms. The van der Waals surface area contributed by atoms with Gasteiger partial charge in [-0.15, -0.1) is 12.4 Å². The highest BCUT2D eigenvalue weighted by atomic mass is 35.5. The standard InChI is InChI=1S/C9H9F2NO2.ClH/c10-6-3-1-2-5(9(6)11)7(12)4-8(13)14;/h1-3,7H,4,12H2,(H,13,14);1H. The monoisotopic (exact) mass is 237 g/mol. The van der Waals surface area contributed by atoms with Crippen molar-refractivity contribution in [3.63, 3.8) is 0 Å². The fraction of sp³-hybridized carbons (Fsp3) is 0.222. The molecule has 1 unspecified atom stereocenters. The Morgan fingerprint density at radius 2 is 2.07 bits per heavy atom. The van der Waals surface area contributed by atoms with Crippen LogP contribution in [0.4, 0.5) is 8.78 Å². The molecular weight excluding hydrogens is 228 g/mol. The fourth-order valence-electron chi connectivity index (χ4n) is 1.10. The van der Waals surface area contributed by atoms with Gasteiger partial charge >= 0.3 is 5.97 Å². The first-order chi connectivity index (χ1) is 6.52. The molecule has 0 amide bonds. The van der Waals surface area contributed by atoms with Crippen molar-refractivity contribution in [3.8, 4) is 0 Å². The van der Waals surface area contributed by atoms with Gasteiger partial charge in [0.05, 0.1) is 6.42 Å². The second-order valence-electron chi connectivity index (χ2n) is 2.85. The molecule has 0 aromatic heterocycles. The van der Waals surface area contributed by atoms with Crippen molar-refractivity contribution in [2.24, 2.45) is 5.73 Å². The Morgan fingerprint density at radius 1 is 1.47 bits per heavy atom. The van der Waals surface area contributed by atoms with Crippen LogP contribution in [-0.4, -0.2) is 11.1 Å². The van der Waals surface area contributed by atoms with Gasteiger partial charge in [-0.1, -0.05) is 12.1 Å². The van der Waals surface area contributed by atoms with E-state index in [0.717, 1.165) is 6.07 Å². The molecule has 0 spiro atoms. The molecule has 0 saturated heterocycles. The Bertz CT molecular complexity index is 360. The predicted octanol–water partition coefficient (Wildman–Crippen LogP) is 1.86. The maximum absolute atomic E-state index is 13.1. The summed E-state index contributed by atoms with van der Waals surface area (Å²) in [5.41, 5.74) is 5.26. The van der Waals surface area contributed by atoms with Crippen LogP contribution in [0, 0.1) is 11.6 Å². The Hall–Kier alpha value is -1.20. The average Bonchev–Trinajstić information content (AvgIpc) is 2.08. The zero-order chi connectivity index (χ0) is 10.7. The summed E-state index contributed by atoms with van der Waals surface area (Å²) in [6.45, 7) is 0. The lowest BCUT2D eigenvalue weighted by Crippen LogP contribution is -2.16. The lowest BCUT2D eigenvalue weighted by atomic mass is 10.0. The first kappa shape index (κ1) is 13.8. The highest BCUT2D eigenvalue weighted by Gasteiger charge is 2.16. The number of rotatable bonds is 3. The van der Waals surface area contributed by atoms with Gasteiger partial charge in [0.2, 0.25) is 0 Å². The van der Waals surface area contributed by atoms with Gasteiger partial charge < -0.3 is 10.8 Å². The summed E-state index contributed by atoms with van der Waals surface area (Å²) in [7, 11) is 0. The Labute approximate surface area is 91.3 Å². The zero-order valence-corrected chi connectivity index (χ0v) is 8.43. The van der Waals surface area contributed by atoms with Crippen LogP contribution in [0.15, 0.2) is 18.2 Å². The highest BCUT2D eigenvalue weighted by molar-refractivity contribution is 5.85. The summed E-state index contributed by atoms with van der Waals surface area (Å²) in [6, 6.07) is 2.48. The van der Waals surface area contributed by atoms with E-state index in [-0.39, 0.29) is 18.0 Å². The molecule has 0 aliphatic rings. The van der Waals surface area contributed by atoms with E-state index >= 15 is 0 Å². The lowest BCUT2D eigenvalue weighted by molar-refractivity contribution is -0.137. The number of halogens is 3. The molecule has 0 radical (unpaired) electrons. The van der Waals surface area contributed by atoms with Crippen LogP contribution >= 0.6 is 12.4 Å². The second kappa shape index (κ2) is 5.63. The number of hydrogen-bond donors (Lipinski definition) is 2. The van der Waals surface area contributed by atoms with Gasteiger partial charge in [-0.3, -0.25) is 4.79 Å². The van der Waals surface area contributed by atoms with E-state index in [1.54, 1.807) is 0 Å².